The minimum absolute atomic E-state index is 0.00812. The van der Waals surface area contributed by atoms with Gasteiger partial charge in [0, 0.05) is 19.6 Å². The number of thiophene rings is 1. The van der Waals surface area contributed by atoms with Gasteiger partial charge in [0.15, 0.2) is 0 Å². The molecule has 2 N–H and O–H groups in total. The topological polar surface area (TPSA) is 103 Å². The van der Waals surface area contributed by atoms with E-state index in [1.807, 2.05) is 4.90 Å². The highest BCUT2D eigenvalue weighted by molar-refractivity contribution is 7.94. The highest BCUT2D eigenvalue weighted by Crippen LogP contribution is 2.30. The summed E-state index contributed by atoms with van der Waals surface area (Å²) in [5.74, 6) is -0.276. The van der Waals surface area contributed by atoms with Gasteiger partial charge < -0.3 is 14.9 Å². The molecule has 0 unspecified atom stereocenters. The molecule has 0 aliphatic carbocycles. The molecule has 8 nitrogen and oxygen atoms in total. The summed E-state index contributed by atoms with van der Waals surface area (Å²) in [4.78, 5) is 20.8. The molecule has 2 fully saturated rings. The van der Waals surface area contributed by atoms with Crippen molar-refractivity contribution >= 4 is 50.4 Å². The molecule has 0 bridgehead atoms. The number of hydrogen-bond acceptors (Lipinski definition) is 7. The van der Waals surface area contributed by atoms with E-state index in [0.717, 1.165) is 56.9 Å². The van der Waals surface area contributed by atoms with Gasteiger partial charge in [-0.1, -0.05) is 11.6 Å². The van der Waals surface area contributed by atoms with Crippen molar-refractivity contribution in [1.82, 2.24) is 9.88 Å². The lowest BCUT2D eigenvalue weighted by Gasteiger charge is -2.36. The van der Waals surface area contributed by atoms with Crippen molar-refractivity contribution in [2.75, 3.05) is 42.3 Å². The highest BCUT2D eigenvalue weighted by Gasteiger charge is 2.27. The van der Waals surface area contributed by atoms with E-state index in [4.69, 9.17) is 11.6 Å². The van der Waals surface area contributed by atoms with Crippen LogP contribution in [0, 0.1) is 5.92 Å². The van der Waals surface area contributed by atoms with Crippen molar-refractivity contribution in [2.45, 2.75) is 29.9 Å². The number of anilines is 2. The molecule has 2 aromatic heterocycles. The number of rotatable bonds is 7. The maximum Gasteiger partial charge on any atom is 0.339 e. The van der Waals surface area contributed by atoms with Gasteiger partial charge in [0.25, 0.3) is 10.0 Å². The minimum atomic E-state index is -3.86. The minimum Gasteiger partial charge on any atom is -0.478 e. The third-order valence-electron chi connectivity index (χ3n) is 5.70. The van der Waals surface area contributed by atoms with Crippen LogP contribution in [0.3, 0.4) is 0 Å². The predicted molar refractivity (Wildman–Crippen MR) is 122 cm³/mol. The van der Waals surface area contributed by atoms with Gasteiger partial charge in [-0.15, -0.1) is 11.3 Å². The average molecular weight is 485 g/mol. The fraction of sp³-hybridized carbons (Fsp3) is 0.500. The zero-order valence-electron chi connectivity index (χ0n) is 17.0. The Bertz CT molecular complexity index is 1050. The summed E-state index contributed by atoms with van der Waals surface area (Å²) in [7, 11) is -3.86. The third kappa shape index (κ3) is 5.31. The number of sulfonamides is 1. The van der Waals surface area contributed by atoms with Gasteiger partial charge >= 0.3 is 5.97 Å². The van der Waals surface area contributed by atoms with E-state index in [-0.39, 0.29) is 15.5 Å². The molecule has 168 valence electrons. The quantitative estimate of drug-likeness (QED) is 0.618. The fourth-order valence-corrected chi connectivity index (χ4v) is 6.82. The molecule has 2 saturated heterocycles. The Morgan fingerprint density at radius 1 is 1.26 bits per heavy atom. The molecule has 11 heteroatoms. The van der Waals surface area contributed by atoms with E-state index in [1.165, 1.54) is 37.2 Å². The lowest BCUT2D eigenvalue weighted by molar-refractivity contribution is 0.0697. The number of carboxylic acid groups (broad SMARTS) is 1. The van der Waals surface area contributed by atoms with Crippen LogP contribution in [0.15, 0.2) is 28.6 Å². The Kier molecular flexibility index (Phi) is 6.71. The Morgan fingerprint density at radius 2 is 2.03 bits per heavy atom. The molecule has 2 aliphatic heterocycles. The average Bonchev–Trinajstić information content (AvgIpc) is 3.40. The first-order chi connectivity index (χ1) is 14.8. The number of nitrogens with zero attached hydrogens (tertiary/aromatic N) is 3. The molecular weight excluding hydrogens is 460 g/mol. The van der Waals surface area contributed by atoms with Crippen molar-refractivity contribution in [2.24, 2.45) is 5.92 Å². The maximum atomic E-state index is 12.5. The molecular formula is C20H25ClN4O4S2. The van der Waals surface area contributed by atoms with E-state index in [1.54, 1.807) is 0 Å². The molecule has 4 rings (SSSR count). The van der Waals surface area contributed by atoms with E-state index in [9.17, 15) is 18.3 Å². The van der Waals surface area contributed by atoms with Crippen LogP contribution in [0.25, 0.3) is 0 Å². The van der Waals surface area contributed by atoms with Crippen LogP contribution in [0.2, 0.25) is 4.34 Å². The van der Waals surface area contributed by atoms with Crippen molar-refractivity contribution in [3.8, 4) is 0 Å². The van der Waals surface area contributed by atoms with Crippen LogP contribution < -0.4 is 9.62 Å². The molecule has 31 heavy (non-hydrogen) atoms. The van der Waals surface area contributed by atoms with E-state index in [2.05, 4.69) is 14.6 Å². The molecule has 0 radical (unpaired) electrons. The lowest BCUT2D eigenvalue weighted by atomic mass is 9.97. The Balaban J connectivity index is 1.52. The van der Waals surface area contributed by atoms with Gasteiger partial charge in [-0.2, -0.15) is 0 Å². The normalized spacial score (nSPS) is 20.2. The summed E-state index contributed by atoms with van der Waals surface area (Å²) in [6.45, 7) is 4.80. The van der Waals surface area contributed by atoms with Crippen molar-refractivity contribution in [3.05, 3.63) is 34.3 Å². The summed E-state index contributed by atoms with van der Waals surface area (Å²) >= 11 is 6.77. The van der Waals surface area contributed by atoms with E-state index < -0.39 is 16.0 Å². The van der Waals surface area contributed by atoms with Crippen LogP contribution in [0.4, 0.5) is 11.5 Å². The first-order valence-corrected chi connectivity index (χ1v) is 13.0. The Morgan fingerprint density at radius 3 is 2.71 bits per heavy atom. The number of halogens is 1. The maximum absolute atomic E-state index is 12.5. The summed E-state index contributed by atoms with van der Waals surface area (Å²) in [5.41, 5.74) is 0.0996. The fourth-order valence-electron chi connectivity index (χ4n) is 4.31. The summed E-state index contributed by atoms with van der Waals surface area (Å²) in [6, 6.07) is 4.24. The second kappa shape index (κ2) is 9.32. The third-order valence-corrected chi connectivity index (χ3v) is 8.80. The van der Waals surface area contributed by atoms with Gasteiger partial charge in [0.2, 0.25) is 0 Å². The van der Waals surface area contributed by atoms with Crippen molar-refractivity contribution in [1.29, 1.82) is 0 Å². The number of pyridine rings is 1. The number of nitrogens with one attached hydrogen (secondary N) is 1. The van der Waals surface area contributed by atoms with Crippen LogP contribution in [-0.2, 0) is 10.0 Å². The number of carboxylic acids is 1. The summed E-state index contributed by atoms with van der Waals surface area (Å²) in [6.07, 6.45) is 5.97. The molecule has 0 saturated carbocycles. The smallest absolute Gasteiger partial charge is 0.339 e. The molecule has 4 heterocycles. The first-order valence-electron chi connectivity index (χ1n) is 10.3. The van der Waals surface area contributed by atoms with Crippen molar-refractivity contribution in [3.63, 3.8) is 0 Å². The standard InChI is InChI=1S/C20H25ClN4O4S2/c21-17-5-6-18(30-17)31(28,29)23-15-10-16(20(26)27)19(22-11-15)25-9-3-4-14(13-25)12-24-7-1-2-8-24/h5-6,10-11,14,23H,1-4,7-9,12-13H2,(H,26,27)/t14-/m1/s1. The first kappa shape index (κ1) is 22.3. The van der Waals surface area contributed by atoms with Gasteiger partial charge in [0.1, 0.15) is 15.6 Å². The second-order valence-electron chi connectivity index (χ2n) is 8.03. The van der Waals surface area contributed by atoms with Gasteiger partial charge in [-0.3, -0.25) is 4.72 Å². The molecule has 0 aromatic carbocycles. The van der Waals surface area contributed by atoms with E-state index in [0.29, 0.717) is 16.1 Å². The summed E-state index contributed by atoms with van der Waals surface area (Å²) in [5, 5.41) is 9.77. The van der Waals surface area contributed by atoms with E-state index >= 15 is 0 Å². The highest BCUT2D eigenvalue weighted by atomic mass is 35.5. The molecule has 2 aliphatic rings. The Labute approximate surface area is 190 Å². The second-order valence-corrected chi connectivity index (χ2v) is 11.7. The van der Waals surface area contributed by atoms with Crippen LogP contribution >= 0.6 is 22.9 Å². The van der Waals surface area contributed by atoms with Crippen LogP contribution in [0.1, 0.15) is 36.0 Å². The number of carbonyl (C=O) groups is 1. The van der Waals surface area contributed by atoms with Crippen molar-refractivity contribution < 1.29 is 18.3 Å². The zero-order chi connectivity index (χ0) is 22.0. The lowest BCUT2D eigenvalue weighted by Crippen LogP contribution is -2.41. The number of piperidine rings is 1. The van der Waals surface area contributed by atoms with Crippen LogP contribution in [-0.4, -0.2) is 62.1 Å². The SMILES string of the molecule is O=C(O)c1cc(NS(=O)(=O)c2ccc(Cl)s2)cnc1N1CCC[C@H](CN2CCCC2)C1. The van der Waals surface area contributed by atoms with Gasteiger partial charge in [-0.05, 0) is 62.9 Å². The van der Waals surface area contributed by atoms with Gasteiger partial charge in [-0.25, -0.2) is 18.2 Å². The molecule has 1 atom stereocenters. The molecule has 2 aromatic rings. The molecule has 0 spiro atoms. The largest absolute Gasteiger partial charge is 0.478 e. The zero-order valence-corrected chi connectivity index (χ0v) is 19.3. The van der Waals surface area contributed by atoms with Crippen LogP contribution in [0.5, 0.6) is 0 Å². The summed E-state index contributed by atoms with van der Waals surface area (Å²) < 4.78 is 27.9. The number of aromatic carboxylic acids is 1. The van der Waals surface area contributed by atoms with Gasteiger partial charge in [0.05, 0.1) is 16.2 Å². The number of aromatic nitrogens is 1. The monoisotopic (exact) mass is 484 g/mol. The Hall–Kier alpha value is -1.88. The number of hydrogen-bond donors (Lipinski definition) is 2. The number of likely N-dealkylation sites (tertiary alicyclic amines) is 1. The predicted octanol–water partition coefficient (Wildman–Crippen LogP) is 3.61. The molecule has 0 amide bonds.